The van der Waals surface area contributed by atoms with Gasteiger partial charge in [0.05, 0.1) is 17.7 Å². The number of nitrogens with zero attached hydrogens (tertiary/aromatic N) is 2. The number of nitriles is 1. The van der Waals surface area contributed by atoms with Gasteiger partial charge < -0.3 is 9.88 Å². The molecule has 1 heterocycles. The molecule has 0 fully saturated rings. The number of benzene rings is 4. The van der Waals surface area contributed by atoms with Crippen LogP contribution >= 0.6 is 15.9 Å². The molecule has 188 valence electrons. The van der Waals surface area contributed by atoms with Crippen LogP contribution in [0.1, 0.15) is 51.3 Å². The van der Waals surface area contributed by atoms with Gasteiger partial charge in [0.1, 0.15) is 0 Å². The minimum absolute atomic E-state index is 0.0857. The van der Waals surface area contributed by atoms with E-state index >= 15 is 0 Å². The molecule has 0 saturated heterocycles. The zero-order chi connectivity index (χ0) is 26.8. The van der Waals surface area contributed by atoms with E-state index in [9.17, 15) is 10.1 Å². The predicted octanol–water partition coefficient (Wildman–Crippen LogP) is 8.10. The fourth-order valence-corrected chi connectivity index (χ4v) is 5.36. The van der Waals surface area contributed by atoms with Gasteiger partial charge in [0, 0.05) is 33.2 Å². The molecule has 1 amide bonds. The molecule has 38 heavy (non-hydrogen) atoms. The molecule has 1 N–H and O–H groups in total. The third-order valence-electron chi connectivity index (χ3n) is 7.25. The lowest BCUT2D eigenvalue weighted by Gasteiger charge is -2.15. The fraction of sp³-hybridized carbons (Fsp3) is 0.152. The number of hydrogen-bond acceptors (Lipinski definition) is 2. The van der Waals surface area contributed by atoms with Crippen LogP contribution in [0.5, 0.6) is 0 Å². The Labute approximate surface area is 231 Å². The predicted molar refractivity (Wildman–Crippen MR) is 157 cm³/mol. The smallest absolute Gasteiger partial charge is 0.251 e. The number of aromatic nitrogens is 1. The van der Waals surface area contributed by atoms with Gasteiger partial charge in [0.25, 0.3) is 5.91 Å². The second kappa shape index (κ2) is 10.7. The van der Waals surface area contributed by atoms with Crippen molar-refractivity contribution in [2.45, 2.75) is 33.4 Å². The molecule has 0 saturated carbocycles. The van der Waals surface area contributed by atoms with Gasteiger partial charge >= 0.3 is 0 Å². The zero-order valence-corrected chi connectivity index (χ0v) is 23.2. The molecule has 1 aromatic heterocycles. The SMILES string of the molecule is Cc1c(C)n(Cc2ccc(-c3ccccc3C#N)cc2)c2ccc(C(=O)N[C@H](C)c3cccc(Br)c3)cc12. The summed E-state index contributed by atoms with van der Waals surface area (Å²) >= 11 is 3.50. The Balaban J connectivity index is 1.39. The van der Waals surface area contributed by atoms with Gasteiger partial charge in [-0.25, -0.2) is 0 Å². The van der Waals surface area contributed by atoms with Crippen molar-refractivity contribution >= 4 is 32.7 Å². The topological polar surface area (TPSA) is 57.8 Å². The van der Waals surface area contributed by atoms with E-state index in [1.54, 1.807) is 0 Å². The first-order valence-corrected chi connectivity index (χ1v) is 13.4. The van der Waals surface area contributed by atoms with Crippen LogP contribution in [0.25, 0.3) is 22.0 Å². The number of carbonyl (C=O) groups excluding carboxylic acids is 1. The van der Waals surface area contributed by atoms with E-state index in [1.807, 2.05) is 73.7 Å². The van der Waals surface area contributed by atoms with E-state index in [-0.39, 0.29) is 11.9 Å². The van der Waals surface area contributed by atoms with E-state index in [1.165, 1.54) is 16.8 Å². The van der Waals surface area contributed by atoms with Crippen molar-refractivity contribution in [3.05, 3.63) is 129 Å². The molecular formula is C33H28BrN3O. The molecule has 0 unspecified atom stereocenters. The molecule has 5 rings (SSSR count). The van der Waals surface area contributed by atoms with Crippen molar-refractivity contribution in [2.75, 3.05) is 0 Å². The lowest BCUT2D eigenvalue weighted by Crippen LogP contribution is -2.26. The lowest BCUT2D eigenvalue weighted by molar-refractivity contribution is 0.0940. The standard InChI is InChI=1S/C33H28BrN3O/c1-21-23(3)37(20-24-11-13-25(14-12-24)30-10-5-4-7-28(30)19-35)32-16-15-27(18-31(21)32)33(38)36-22(2)26-8-6-9-29(34)17-26/h4-18,22H,20H2,1-3H3,(H,36,38)/t22-/m1/s1. The fourth-order valence-electron chi connectivity index (χ4n) is 4.94. The van der Waals surface area contributed by atoms with Crippen LogP contribution in [0.15, 0.2) is 95.5 Å². The number of nitrogens with one attached hydrogen (secondary N) is 1. The second-order valence-corrected chi connectivity index (χ2v) is 10.5. The number of amides is 1. The minimum atomic E-state index is -0.105. The maximum Gasteiger partial charge on any atom is 0.251 e. The zero-order valence-electron chi connectivity index (χ0n) is 21.6. The molecule has 0 spiro atoms. The number of fused-ring (bicyclic) bond motifs is 1. The van der Waals surface area contributed by atoms with E-state index < -0.39 is 0 Å². The summed E-state index contributed by atoms with van der Waals surface area (Å²) in [6.45, 7) is 6.96. The molecule has 1 atom stereocenters. The summed E-state index contributed by atoms with van der Waals surface area (Å²) in [6.07, 6.45) is 0. The Kier molecular flexibility index (Phi) is 7.18. The molecule has 5 heteroatoms. The quantitative estimate of drug-likeness (QED) is 0.227. The Morgan fingerprint density at radius 1 is 0.974 bits per heavy atom. The van der Waals surface area contributed by atoms with Gasteiger partial charge in [0.2, 0.25) is 0 Å². The summed E-state index contributed by atoms with van der Waals surface area (Å²) in [5.41, 5.74) is 8.99. The molecule has 0 radical (unpaired) electrons. The molecule has 0 aliphatic heterocycles. The molecule has 4 nitrogen and oxygen atoms in total. The average molecular weight is 563 g/mol. The van der Waals surface area contributed by atoms with Crippen molar-refractivity contribution in [3.63, 3.8) is 0 Å². The highest BCUT2D eigenvalue weighted by molar-refractivity contribution is 9.10. The monoisotopic (exact) mass is 561 g/mol. The van der Waals surface area contributed by atoms with E-state index in [0.29, 0.717) is 11.1 Å². The Morgan fingerprint density at radius 3 is 2.47 bits per heavy atom. The molecule has 0 bridgehead atoms. The first-order valence-electron chi connectivity index (χ1n) is 12.6. The Hall–Kier alpha value is -4.14. The van der Waals surface area contributed by atoms with Gasteiger partial charge in [-0.2, -0.15) is 5.26 Å². The van der Waals surface area contributed by atoms with Crippen molar-refractivity contribution in [1.82, 2.24) is 9.88 Å². The van der Waals surface area contributed by atoms with Crippen LogP contribution in [-0.2, 0) is 6.54 Å². The summed E-state index contributed by atoms with van der Waals surface area (Å²) in [4.78, 5) is 13.1. The number of rotatable bonds is 6. The highest BCUT2D eigenvalue weighted by Crippen LogP contribution is 2.29. The summed E-state index contributed by atoms with van der Waals surface area (Å²) in [6, 6.07) is 32.2. The number of carbonyl (C=O) groups is 1. The molecule has 5 aromatic rings. The molecule has 0 aliphatic carbocycles. The van der Waals surface area contributed by atoms with Crippen LogP contribution in [0.4, 0.5) is 0 Å². The summed E-state index contributed by atoms with van der Waals surface area (Å²) < 4.78 is 3.29. The maximum absolute atomic E-state index is 13.1. The van der Waals surface area contributed by atoms with Gasteiger partial charge in [-0.15, -0.1) is 0 Å². The van der Waals surface area contributed by atoms with E-state index in [0.717, 1.165) is 38.6 Å². The van der Waals surface area contributed by atoms with Crippen LogP contribution in [0.3, 0.4) is 0 Å². The minimum Gasteiger partial charge on any atom is -0.346 e. The van der Waals surface area contributed by atoms with E-state index in [2.05, 4.69) is 70.0 Å². The van der Waals surface area contributed by atoms with Crippen molar-refractivity contribution in [2.24, 2.45) is 0 Å². The van der Waals surface area contributed by atoms with Gasteiger partial charge in [0.15, 0.2) is 0 Å². The maximum atomic E-state index is 13.1. The van der Waals surface area contributed by atoms with Crippen LogP contribution in [0, 0.1) is 25.2 Å². The summed E-state index contributed by atoms with van der Waals surface area (Å²) in [5.74, 6) is -0.0857. The van der Waals surface area contributed by atoms with Crippen LogP contribution in [-0.4, -0.2) is 10.5 Å². The largest absolute Gasteiger partial charge is 0.346 e. The van der Waals surface area contributed by atoms with Gasteiger partial charge in [-0.1, -0.05) is 70.5 Å². The van der Waals surface area contributed by atoms with Crippen LogP contribution in [0.2, 0.25) is 0 Å². The Morgan fingerprint density at radius 2 is 1.74 bits per heavy atom. The first-order chi connectivity index (χ1) is 18.4. The van der Waals surface area contributed by atoms with Crippen molar-refractivity contribution in [1.29, 1.82) is 5.26 Å². The number of hydrogen-bond donors (Lipinski definition) is 1. The van der Waals surface area contributed by atoms with Crippen molar-refractivity contribution < 1.29 is 4.79 Å². The van der Waals surface area contributed by atoms with Crippen LogP contribution < -0.4 is 5.32 Å². The second-order valence-electron chi connectivity index (χ2n) is 9.63. The third kappa shape index (κ3) is 5.01. The summed E-state index contributed by atoms with van der Waals surface area (Å²) in [7, 11) is 0. The van der Waals surface area contributed by atoms with Gasteiger partial charge in [-0.05, 0) is 85.0 Å². The highest BCUT2D eigenvalue weighted by atomic mass is 79.9. The molecule has 4 aromatic carbocycles. The average Bonchev–Trinajstić information content (AvgIpc) is 3.17. The number of halogens is 1. The van der Waals surface area contributed by atoms with E-state index in [4.69, 9.17) is 0 Å². The van der Waals surface area contributed by atoms with Crippen molar-refractivity contribution in [3.8, 4) is 17.2 Å². The Bertz CT molecular complexity index is 1690. The first kappa shape index (κ1) is 25.5. The normalized spacial score (nSPS) is 11.8. The van der Waals surface area contributed by atoms with Gasteiger partial charge in [-0.3, -0.25) is 4.79 Å². The number of aryl methyl sites for hydroxylation is 1. The summed E-state index contributed by atoms with van der Waals surface area (Å²) in [5, 5.41) is 13.7. The molecule has 0 aliphatic rings. The molecular weight excluding hydrogens is 534 g/mol. The highest BCUT2D eigenvalue weighted by Gasteiger charge is 2.16. The third-order valence-corrected chi connectivity index (χ3v) is 7.74. The lowest BCUT2D eigenvalue weighted by atomic mass is 9.99.